The molecule has 5 heteroatoms. The van der Waals surface area contributed by atoms with Crippen molar-refractivity contribution in [1.82, 2.24) is 10.2 Å². The maximum atomic E-state index is 12.1. The van der Waals surface area contributed by atoms with Crippen molar-refractivity contribution in [2.24, 2.45) is 0 Å². The Kier molecular flexibility index (Phi) is 5.59. The molecule has 0 spiro atoms. The van der Waals surface area contributed by atoms with E-state index in [2.05, 4.69) is 17.3 Å². The fourth-order valence-corrected chi connectivity index (χ4v) is 2.40. The molecule has 1 atom stereocenters. The van der Waals surface area contributed by atoms with Crippen LogP contribution in [0.15, 0.2) is 24.3 Å². The molecule has 0 radical (unpaired) electrons. The molecule has 21 heavy (non-hydrogen) atoms. The van der Waals surface area contributed by atoms with E-state index in [0.717, 1.165) is 31.8 Å². The highest BCUT2D eigenvalue weighted by molar-refractivity contribution is 5.94. The lowest BCUT2D eigenvalue weighted by Gasteiger charge is -2.30. The van der Waals surface area contributed by atoms with Gasteiger partial charge in [0.1, 0.15) is 0 Å². The van der Waals surface area contributed by atoms with Gasteiger partial charge in [0.25, 0.3) is 5.91 Å². The van der Waals surface area contributed by atoms with Gasteiger partial charge in [0, 0.05) is 45.0 Å². The summed E-state index contributed by atoms with van der Waals surface area (Å²) >= 11 is 0. The van der Waals surface area contributed by atoms with Crippen LogP contribution in [0.5, 0.6) is 0 Å². The van der Waals surface area contributed by atoms with Gasteiger partial charge in [0.2, 0.25) is 0 Å². The number of anilines is 1. The number of amides is 1. The van der Waals surface area contributed by atoms with Crippen molar-refractivity contribution in [2.45, 2.75) is 12.5 Å². The third-order valence-corrected chi connectivity index (χ3v) is 3.74. The maximum absolute atomic E-state index is 12.1. The van der Waals surface area contributed by atoms with E-state index in [0.29, 0.717) is 12.1 Å². The SMILES string of the molecule is CN1CCOC(CCNC(=O)c2ccc(N(C)C)cc2)C1. The summed E-state index contributed by atoms with van der Waals surface area (Å²) in [5.41, 5.74) is 1.78. The average Bonchev–Trinajstić information content (AvgIpc) is 2.47. The number of benzene rings is 1. The molecular formula is C16H25N3O2. The van der Waals surface area contributed by atoms with Crippen LogP contribution >= 0.6 is 0 Å². The Morgan fingerprint density at radius 3 is 2.71 bits per heavy atom. The van der Waals surface area contributed by atoms with Crippen molar-refractivity contribution >= 4 is 11.6 Å². The molecule has 5 nitrogen and oxygen atoms in total. The first-order valence-electron chi connectivity index (χ1n) is 7.42. The van der Waals surface area contributed by atoms with Gasteiger partial charge < -0.3 is 19.9 Å². The van der Waals surface area contributed by atoms with Crippen LogP contribution in [0.4, 0.5) is 5.69 Å². The second kappa shape index (κ2) is 7.43. The number of morpholine rings is 1. The zero-order valence-electron chi connectivity index (χ0n) is 13.1. The van der Waals surface area contributed by atoms with E-state index >= 15 is 0 Å². The number of hydrogen-bond acceptors (Lipinski definition) is 4. The lowest BCUT2D eigenvalue weighted by molar-refractivity contribution is -0.0226. The molecule has 0 saturated carbocycles. The third-order valence-electron chi connectivity index (χ3n) is 3.74. The molecule has 1 aromatic rings. The van der Waals surface area contributed by atoms with Gasteiger partial charge in [-0.1, -0.05) is 0 Å². The van der Waals surface area contributed by atoms with Crippen LogP contribution < -0.4 is 10.2 Å². The largest absolute Gasteiger partial charge is 0.378 e. The predicted octanol–water partition coefficient (Wildman–Crippen LogP) is 1.20. The monoisotopic (exact) mass is 291 g/mol. The predicted molar refractivity (Wildman–Crippen MR) is 85.0 cm³/mol. The second-order valence-electron chi connectivity index (χ2n) is 5.74. The number of ether oxygens (including phenoxy) is 1. The van der Waals surface area contributed by atoms with E-state index in [4.69, 9.17) is 4.74 Å². The zero-order chi connectivity index (χ0) is 15.2. The van der Waals surface area contributed by atoms with Gasteiger partial charge in [0.15, 0.2) is 0 Å². The second-order valence-corrected chi connectivity index (χ2v) is 5.74. The summed E-state index contributed by atoms with van der Waals surface area (Å²) in [4.78, 5) is 16.3. The number of rotatable bonds is 5. The van der Waals surface area contributed by atoms with E-state index in [1.807, 2.05) is 43.3 Å². The van der Waals surface area contributed by atoms with Crippen molar-refractivity contribution < 1.29 is 9.53 Å². The normalized spacial score (nSPS) is 19.3. The van der Waals surface area contributed by atoms with Gasteiger partial charge in [0.05, 0.1) is 12.7 Å². The van der Waals surface area contributed by atoms with Crippen molar-refractivity contribution in [2.75, 3.05) is 52.3 Å². The summed E-state index contributed by atoms with van der Waals surface area (Å²) in [5.74, 6) is -0.0236. The fourth-order valence-electron chi connectivity index (χ4n) is 2.40. The van der Waals surface area contributed by atoms with Crippen molar-refractivity contribution in [3.63, 3.8) is 0 Å². The molecule has 0 aromatic heterocycles. The lowest BCUT2D eigenvalue weighted by Crippen LogP contribution is -2.41. The van der Waals surface area contributed by atoms with Crippen molar-refractivity contribution in [3.8, 4) is 0 Å². The minimum atomic E-state index is -0.0236. The number of nitrogens with zero attached hydrogens (tertiary/aromatic N) is 2. The maximum Gasteiger partial charge on any atom is 0.251 e. The first-order chi connectivity index (χ1) is 10.1. The number of likely N-dealkylation sites (N-methyl/N-ethyl adjacent to an activating group) is 1. The van der Waals surface area contributed by atoms with Crippen LogP contribution in [0.25, 0.3) is 0 Å². The molecule has 1 unspecified atom stereocenters. The minimum Gasteiger partial charge on any atom is -0.378 e. The van der Waals surface area contributed by atoms with Crippen molar-refractivity contribution in [1.29, 1.82) is 0 Å². The van der Waals surface area contributed by atoms with Crippen LogP contribution in [0.3, 0.4) is 0 Å². The van der Waals surface area contributed by atoms with Crippen LogP contribution in [0.1, 0.15) is 16.8 Å². The standard InChI is InChI=1S/C16H25N3O2/c1-18(2)14-6-4-13(5-7-14)16(20)17-9-8-15-12-19(3)10-11-21-15/h4-7,15H,8-12H2,1-3H3,(H,17,20). The average molecular weight is 291 g/mol. The number of nitrogens with one attached hydrogen (secondary N) is 1. The Balaban J connectivity index is 1.76. The Bertz CT molecular complexity index is 459. The molecule has 1 aromatic carbocycles. The van der Waals surface area contributed by atoms with Crippen LogP contribution in [-0.4, -0.2) is 64.3 Å². The highest BCUT2D eigenvalue weighted by Gasteiger charge is 2.17. The van der Waals surface area contributed by atoms with Crippen LogP contribution in [-0.2, 0) is 4.74 Å². The van der Waals surface area contributed by atoms with E-state index < -0.39 is 0 Å². The highest BCUT2D eigenvalue weighted by atomic mass is 16.5. The molecule has 116 valence electrons. The molecule has 1 N–H and O–H groups in total. The molecule has 1 saturated heterocycles. The number of hydrogen-bond donors (Lipinski definition) is 1. The Hall–Kier alpha value is -1.59. The fraction of sp³-hybridized carbons (Fsp3) is 0.562. The Labute approximate surface area is 126 Å². The lowest BCUT2D eigenvalue weighted by atomic mass is 10.1. The van der Waals surface area contributed by atoms with Gasteiger partial charge in [-0.05, 0) is 37.7 Å². The molecule has 1 heterocycles. The Morgan fingerprint density at radius 1 is 1.38 bits per heavy atom. The molecule has 1 aliphatic rings. The number of carbonyl (C=O) groups is 1. The van der Waals surface area contributed by atoms with Crippen LogP contribution in [0, 0.1) is 0 Å². The molecule has 0 bridgehead atoms. The molecule has 1 amide bonds. The molecule has 1 aliphatic heterocycles. The molecule has 0 aliphatic carbocycles. The summed E-state index contributed by atoms with van der Waals surface area (Å²) in [6, 6.07) is 7.62. The van der Waals surface area contributed by atoms with E-state index in [9.17, 15) is 4.79 Å². The van der Waals surface area contributed by atoms with E-state index in [1.165, 1.54) is 0 Å². The first kappa shape index (κ1) is 15.8. The first-order valence-corrected chi connectivity index (χ1v) is 7.42. The van der Waals surface area contributed by atoms with Crippen molar-refractivity contribution in [3.05, 3.63) is 29.8 Å². The molecule has 1 fully saturated rings. The smallest absolute Gasteiger partial charge is 0.251 e. The summed E-state index contributed by atoms with van der Waals surface area (Å²) in [5, 5.41) is 2.96. The highest BCUT2D eigenvalue weighted by Crippen LogP contribution is 2.12. The van der Waals surface area contributed by atoms with E-state index in [-0.39, 0.29) is 12.0 Å². The van der Waals surface area contributed by atoms with Gasteiger partial charge in [-0.15, -0.1) is 0 Å². The topological polar surface area (TPSA) is 44.8 Å². The Morgan fingerprint density at radius 2 is 2.10 bits per heavy atom. The molecular weight excluding hydrogens is 266 g/mol. The van der Waals surface area contributed by atoms with E-state index in [1.54, 1.807) is 0 Å². The quantitative estimate of drug-likeness (QED) is 0.885. The zero-order valence-corrected chi connectivity index (χ0v) is 13.1. The van der Waals surface area contributed by atoms with Gasteiger partial charge in [-0.25, -0.2) is 0 Å². The minimum absolute atomic E-state index is 0.0236. The van der Waals surface area contributed by atoms with Crippen LogP contribution in [0.2, 0.25) is 0 Å². The van der Waals surface area contributed by atoms with Gasteiger partial charge >= 0.3 is 0 Å². The third kappa shape index (κ3) is 4.72. The molecule has 2 rings (SSSR count). The summed E-state index contributed by atoms with van der Waals surface area (Å²) in [7, 11) is 6.06. The summed E-state index contributed by atoms with van der Waals surface area (Å²) in [6.07, 6.45) is 1.08. The van der Waals surface area contributed by atoms with Gasteiger partial charge in [-0.3, -0.25) is 4.79 Å². The van der Waals surface area contributed by atoms with Gasteiger partial charge in [-0.2, -0.15) is 0 Å². The summed E-state index contributed by atoms with van der Waals surface area (Å²) < 4.78 is 5.68. The number of carbonyl (C=O) groups excluding carboxylic acids is 1. The summed E-state index contributed by atoms with van der Waals surface area (Å²) in [6.45, 7) is 3.35.